The van der Waals surface area contributed by atoms with Gasteiger partial charge in [-0.1, -0.05) is 43.3 Å². The maximum Gasteiger partial charge on any atom is 0.225 e. The number of nitrogens with zero attached hydrogens (tertiary/aromatic N) is 2. The molecule has 2 aliphatic heterocycles. The lowest BCUT2D eigenvalue weighted by Gasteiger charge is -2.37. The van der Waals surface area contributed by atoms with E-state index < -0.39 is 0 Å². The maximum absolute atomic E-state index is 12.9. The molecule has 33 heavy (non-hydrogen) atoms. The van der Waals surface area contributed by atoms with E-state index >= 15 is 0 Å². The quantitative estimate of drug-likeness (QED) is 0.557. The molecule has 6 heteroatoms. The first kappa shape index (κ1) is 25.4. The summed E-state index contributed by atoms with van der Waals surface area (Å²) in [5.41, 5.74) is 2.35. The van der Waals surface area contributed by atoms with E-state index in [-0.39, 0.29) is 18.3 Å². The molecule has 180 valence electrons. The van der Waals surface area contributed by atoms with Crippen LogP contribution in [0.25, 0.3) is 0 Å². The number of likely N-dealkylation sites (tertiary alicyclic amines) is 2. The average Bonchev–Trinajstić information content (AvgIpc) is 2.84. The zero-order valence-corrected chi connectivity index (χ0v) is 20.7. The Bertz CT molecular complexity index is 884. The molecule has 0 aromatic heterocycles. The first-order valence-electron chi connectivity index (χ1n) is 12.0. The molecule has 0 saturated carbocycles. The lowest BCUT2D eigenvalue weighted by Crippen LogP contribution is -2.45. The largest absolute Gasteiger partial charge is 0.493 e. The topological polar surface area (TPSA) is 42.0 Å². The van der Waals surface area contributed by atoms with Gasteiger partial charge in [0.05, 0.1) is 7.11 Å². The Balaban J connectivity index is 0.00000306. The average molecular weight is 473 g/mol. The van der Waals surface area contributed by atoms with Crippen LogP contribution in [0.1, 0.15) is 43.7 Å². The van der Waals surface area contributed by atoms with Gasteiger partial charge >= 0.3 is 0 Å². The van der Waals surface area contributed by atoms with Gasteiger partial charge in [0.1, 0.15) is 6.61 Å². The van der Waals surface area contributed by atoms with Crippen molar-refractivity contribution in [3.05, 3.63) is 59.7 Å². The molecule has 0 aliphatic carbocycles. The predicted molar refractivity (Wildman–Crippen MR) is 134 cm³/mol. The standard InChI is InChI=1S/C27H36N2O3.ClH/c1-21-7-6-14-29(18-21)27(30)24-12-15-28(16-13-24)19-23-10-11-25(26(17-23)31-2)32-20-22-8-4-3-5-9-22;/h3-5,8-11,17,21,24H,6-7,12-16,18-20H2,1-2H3;1H. The summed E-state index contributed by atoms with van der Waals surface area (Å²) in [5.74, 6) is 2.75. The number of amides is 1. The number of benzene rings is 2. The van der Waals surface area contributed by atoms with Crippen LogP contribution in [0.5, 0.6) is 11.5 Å². The Morgan fingerprint density at radius 3 is 2.42 bits per heavy atom. The van der Waals surface area contributed by atoms with E-state index in [2.05, 4.69) is 41.0 Å². The van der Waals surface area contributed by atoms with Crippen LogP contribution in [-0.4, -0.2) is 49.0 Å². The van der Waals surface area contributed by atoms with Crippen LogP contribution in [0, 0.1) is 11.8 Å². The zero-order valence-electron chi connectivity index (χ0n) is 19.9. The van der Waals surface area contributed by atoms with Crippen molar-refractivity contribution in [2.45, 2.75) is 45.8 Å². The highest BCUT2D eigenvalue weighted by molar-refractivity contribution is 5.85. The van der Waals surface area contributed by atoms with Crippen LogP contribution in [0.3, 0.4) is 0 Å². The minimum absolute atomic E-state index is 0. The fourth-order valence-corrected chi connectivity index (χ4v) is 4.91. The SMILES string of the molecule is COc1cc(CN2CCC(C(=O)N3CCCC(C)C3)CC2)ccc1OCc1ccccc1.Cl. The molecule has 1 atom stereocenters. The van der Waals surface area contributed by atoms with E-state index in [1.165, 1.54) is 12.0 Å². The molecule has 0 N–H and O–H groups in total. The lowest BCUT2D eigenvalue weighted by molar-refractivity contribution is -0.138. The third kappa shape index (κ3) is 6.87. The fourth-order valence-electron chi connectivity index (χ4n) is 4.91. The molecule has 2 aromatic rings. The Hall–Kier alpha value is -2.24. The Labute approximate surface area is 204 Å². The fraction of sp³-hybridized carbons (Fsp3) is 0.519. The van der Waals surface area contributed by atoms with Gasteiger partial charge in [-0.05, 0) is 68.0 Å². The van der Waals surface area contributed by atoms with Gasteiger partial charge in [0.2, 0.25) is 5.91 Å². The number of carbonyl (C=O) groups excluding carboxylic acids is 1. The molecule has 0 radical (unpaired) electrons. The highest BCUT2D eigenvalue weighted by Gasteiger charge is 2.30. The van der Waals surface area contributed by atoms with Crippen LogP contribution in [0.4, 0.5) is 0 Å². The van der Waals surface area contributed by atoms with Gasteiger partial charge in [-0.3, -0.25) is 9.69 Å². The van der Waals surface area contributed by atoms with Crippen LogP contribution in [0.15, 0.2) is 48.5 Å². The van der Waals surface area contributed by atoms with Crippen molar-refractivity contribution in [1.82, 2.24) is 9.80 Å². The molecule has 2 saturated heterocycles. The van der Waals surface area contributed by atoms with E-state index in [9.17, 15) is 4.79 Å². The number of rotatable bonds is 7. The maximum atomic E-state index is 12.9. The van der Waals surface area contributed by atoms with Crippen molar-refractivity contribution >= 4 is 18.3 Å². The molecule has 0 bridgehead atoms. The molecule has 5 nitrogen and oxygen atoms in total. The number of hydrogen-bond acceptors (Lipinski definition) is 4. The van der Waals surface area contributed by atoms with Crippen molar-refractivity contribution in [3.8, 4) is 11.5 Å². The molecule has 0 spiro atoms. The number of hydrogen-bond donors (Lipinski definition) is 0. The van der Waals surface area contributed by atoms with Crippen LogP contribution in [0.2, 0.25) is 0 Å². The van der Waals surface area contributed by atoms with Gasteiger partial charge in [-0.25, -0.2) is 0 Å². The predicted octanol–water partition coefficient (Wildman–Crippen LogP) is 5.17. The first-order valence-corrected chi connectivity index (χ1v) is 12.0. The number of piperidine rings is 2. The number of halogens is 1. The smallest absolute Gasteiger partial charge is 0.225 e. The summed E-state index contributed by atoms with van der Waals surface area (Å²) in [6.45, 7) is 7.47. The van der Waals surface area contributed by atoms with Crippen molar-refractivity contribution in [1.29, 1.82) is 0 Å². The van der Waals surface area contributed by atoms with Crippen molar-refractivity contribution in [2.75, 3.05) is 33.3 Å². The lowest BCUT2D eigenvalue weighted by atomic mass is 9.92. The van der Waals surface area contributed by atoms with Crippen LogP contribution in [-0.2, 0) is 17.9 Å². The van der Waals surface area contributed by atoms with E-state index in [0.717, 1.165) is 69.0 Å². The minimum Gasteiger partial charge on any atom is -0.493 e. The second kappa shape index (κ2) is 12.3. The molecular formula is C27H37ClN2O3. The molecular weight excluding hydrogens is 436 g/mol. The summed E-state index contributed by atoms with van der Waals surface area (Å²) in [4.78, 5) is 17.5. The van der Waals surface area contributed by atoms with Gasteiger partial charge in [0, 0.05) is 25.6 Å². The van der Waals surface area contributed by atoms with Gasteiger partial charge < -0.3 is 14.4 Å². The van der Waals surface area contributed by atoms with E-state index in [1.807, 2.05) is 24.3 Å². The molecule has 4 rings (SSSR count). The second-order valence-electron chi connectivity index (χ2n) is 9.34. The Kier molecular flexibility index (Phi) is 9.45. The first-order chi connectivity index (χ1) is 15.6. The second-order valence-corrected chi connectivity index (χ2v) is 9.34. The normalized spacial score (nSPS) is 19.6. The van der Waals surface area contributed by atoms with E-state index in [1.54, 1.807) is 7.11 Å². The molecule has 2 heterocycles. The third-order valence-electron chi connectivity index (χ3n) is 6.78. The van der Waals surface area contributed by atoms with Crippen LogP contribution >= 0.6 is 12.4 Å². The number of carbonyl (C=O) groups is 1. The van der Waals surface area contributed by atoms with E-state index in [0.29, 0.717) is 18.4 Å². The van der Waals surface area contributed by atoms with Crippen molar-refractivity contribution in [2.24, 2.45) is 11.8 Å². The molecule has 1 amide bonds. The Morgan fingerprint density at radius 2 is 1.73 bits per heavy atom. The van der Waals surface area contributed by atoms with Crippen molar-refractivity contribution < 1.29 is 14.3 Å². The summed E-state index contributed by atoms with van der Waals surface area (Å²) in [6.07, 6.45) is 4.32. The number of methoxy groups -OCH3 is 1. The summed E-state index contributed by atoms with van der Waals surface area (Å²) in [6, 6.07) is 16.4. The van der Waals surface area contributed by atoms with Gasteiger partial charge in [0.15, 0.2) is 11.5 Å². The Morgan fingerprint density at radius 1 is 0.970 bits per heavy atom. The molecule has 2 aliphatic rings. The molecule has 2 aromatic carbocycles. The zero-order chi connectivity index (χ0) is 22.3. The van der Waals surface area contributed by atoms with Crippen molar-refractivity contribution in [3.63, 3.8) is 0 Å². The summed E-state index contributed by atoms with van der Waals surface area (Å²) in [7, 11) is 1.69. The highest BCUT2D eigenvalue weighted by atomic mass is 35.5. The summed E-state index contributed by atoms with van der Waals surface area (Å²) >= 11 is 0. The number of ether oxygens (including phenoxy) is 2. The third-order valence-corrected chi connectivity index (χ3v) is 6.78. The van der Waals surface area contributed by atoms with Gasteiger partial charge in [-0.15, -0.1) is 12.4 Å². The molecule has 2 fully saturated rings. The van der Waals surface area contributed by atoms with E-state index in [4.69, 9.17) is 9.47 Å². The summed E-state index contributed by atoms with van der Waals surface area (Å²) in [5, 5.41) is 0. The monoisotopic (exact) mass is 472 g/mol. The minimum atomic E-state index is 0. The highest BCUT2D eigenvalue weighted by Crippen LogP contribution is 2.30. The summed E-state index contributed by atoms with van der Waals surface area (Å²) < 4.78 is 11.6. The van der Waals surface area contributed by atoms with Gasteiger partial charge in [0.25, 0.3) is 0 Å². The van der Waals surface area contributed by atoms with Gasteiger partial charge in [-0.2, -0.15) is 0 Å². The molecule has 1 unspecified atom stereocenters. The van der Waals surface area contributed by atoms with Crippen LogP contribution < -0.4 is 9.47 Å².